The van der Waals surface area contributed by atoms with Crippen LogP contribution in [-0.2, 0) is 14.9 Å². The van der Waals surface area contributed by atoms with Crippen molar-refractivity contribution in [2.45, 2.75) is 26.3 Å². The summed E-state index contributed by atoms with van der Waals surface area (Å²) in [6.07, 6.45) is 0.763. The maximum Gasteiger partial charge on any atom is 0.281 e. The standard InChI is InChI=1S/C7H16N2O3S/c1-7(2)8-13(10,11)9-4-3-5-12-6-9/h7-8H,3-6H2,1-2H3. The Bertz CT molecular complexity index is 244. The topological polar surface area (TPSA) is 58.6 Å². The second-order valence-corrected chi connectivity index (χ2v) is 5.05. The Balaban J connectivity index is 2.57. The number of hydrogen-bond acceptors (Lipinski definition) is 3. The summed E-state index contributed by atoms with van der Waals surface area (Å²) in [5, 5.41) is 0. The number of nitrogens with one attached hydrogen (secondary N) is 1. The van der Waals surface area contributed by atoms with Crippen molar-refractivity contribution in [1.82, 2.24) is 9.03 Å². The highest BCUT2D eigenvalue weighted by Gasteiger charge is 2.24. The first kappa shape index (κ1) is 10.9. The van der Waals surface area contributed by atoms with Crippen molar-refractivity contribution in [2.75, 3.05) is 19.9 Å². The van der Waals surface area contributed by atoms with Gasteiger partial charge in [-0.2, -0.15) is 17.4 Å². The predicted molar refractivity (Wildman–Crippen MR) is 49.3 cm³/mol. The molecule has 0 bridgehead atoms. The lowest BCUT2D eigenvalue weighted by Gasteiger charge is -2.26. The number of rotatable bonds is 3. The fourth-order valence-electron chi connectivity index (χ4n) is 1.14. The summed E-state index contributed by atoms with van der Waals surface area (Å²) in [6, 6.07) is -0.0769. The van der Waals surface area contributed by atoms with E-state index in [4.69, 9.17) is 4.74 Å². The summed E-state index contributed by atoms with van der Waals surface area (Å²) in [4.78, 5) is 0. The van der Waals surface area contributed by atoms with E-state index in [1.54, 1.807) is 13.8 Å². The Labute approximate surface area is 79.2 Å². The van der Waals surface area contributed by atoms with Gasteiger partial charge in [0, 0.05) is 19.2 Å². The first-order valence-corrected chi connectivity index (χ1v) is 5.81. The first-order valence-electron chi connectivity index (χ1n) is 4.37. The van der Waals surface area contributed by atoms with Crippen LogP contribution in [0.1, 0.15) is 20.3 Å². The van der Waals surface area contributed by atoms with Crippen LogP contribution >= 0.6 is 0 Å². The van der Waals surface area contributed by atoms with Gasteiger partial charge in [0.15, 0.2) is 0 Å². The van der Waals surface area contributed by atoms with Crippen molar-refractivity contribution >= 4 is 10.2 Å². The van der Waals surface area contributed by atoms with Gasteiger partial charge in [-0.25, -0.2) is 0 Å². The lowest BCUT2D eigenvalue weighted by Crippen LogP contribution is -2.46. The summed E-state index contributed by atoms with van der Waals surface area (Å²) in [7, 11) is -3.32. The van der Waals surface area contributed by atoms with Crippen molar-refractivity contribution < 1.29 is 13.2 Å². The SMILES string of the molecule is CC(C)NS(=O)(=O)N1CCCOC1. The molecule has 5 nitrogen and oxygen atoms in total. The molecule has 0 aromatic rings. The highest BCUT2D eigenvalue weighted by atomic mass is 32.2. The van der Waals surface area contributed by atoms with Crippen LogP contribution in [0.3, 0.4) is 0 Å². The largest absolute Gasteiger partial charge is 0.365 e. The Hall–Kier alpha value is -0.170. The molecule has 1 aliphatic rings. The normalized spacial score (nSPS) is 20.8. The minimum atomic E-state index is -3.32. The molecule has 0 radical (unpaired) electrons. The van der Waals surface area contributed by atoms with E-state index in [2.05, 4.69) is 4.72 Å². The van der Waals surface area contributed by atoms with E-state index in [1.807, 2.05) is 0 Å². The van der Waals surface area contributed by atoms with E-state index >= 15 is 0 Å². The molecule has 0 spiro atoms. The fraction of sp³-hybridized carbons (Fsp3) is 1.00. The van der Waals surface area contributed by atoms with Crippen LogP contribution in [0.4, 0.5) is 0 Å². The summed E-state index contributed by atoms with van der Waals surface area (Å²) in [5.41, 5.74) is 0. The molecule has 1 N–H and O–H groups in total. The van der Waals surface area contributed by atoms with Crippen LogP contribution < -0.4 is 4.72 Å². The summed E-state index contributed by atoms with van der Waals surface area (Å²) in [5.74, 6) is 0. The third-order valence-electron chi connectivity index (χ3n) is 1.66. The Morgan fingerprint density at radius 2 is 2.15 bits per heavy atom. The van der Waals surface area contributed by atoms with Gasteiger partial charge in [-0.3, -0.25) is 0 Å². The molecule has 6 heteroatoms. The molecule has 1 fully saturated rings. The fourth-order valence-corrected chi connectivity index (χ4v) is 2.46. The molecule has 0 aromatic carbocycles. The highest BCUT2D eigenvalue weighted by Crippen LogP contribution is 2.06. The van der Waals surface area contributed by atoms with Crippen molar-refractivity contribution in [2.24, 2.45) is 0 Å². The van der Waals surface area contributed by atoms with E-state index < -0.39 is 10.2 Å². The minimum Gasteiger partial charge on any atom is -0.365 e. The quantitative estimate of drug-likeness (QED) is 0.705. The zero-order valence-corrected chi connectivity index (χ0v) is 8.80. The lowest BCUT2D eigenvalue weighted by molar-refractivity contribution is 0.0305. The maximum atomic E-state index is 11.5. The number of ether oxygens (including phenoxy) is 1. The smallest absolute Gasteiger partial charge is 0.281 e. The van der Waals surface area contributed by atoms with Gasteiger partial charge >= 0.3 is 0 Å². The van der Waals surface area contributed by atoms with E-state index in [0.717, 1.165) is 6.42 Å². The number of hydrogen-bond donors (Lipinski definition) is 1. The van der Waals surface area contributed by atoms with Crippen molar-refractivity contribution in [3.8, 4) is 0 Å². The van der Waals surface area contributed by atoms with Gasteiger partial charge in [0.2, 0.25) is 0 Å². The molecule has 1 saturated heterocycles. The van der Waals surface area contributed by atoms with Crippen LogP contribution in [0, 0.1) is 0 Å². The number of nitrogens with zero attached hydrogens (tertiary/aromatic N) is 1. The van der Waals surface area contributed by atoms with E-state index in [9.17, 15) is 8.42 Å². The second-order valence-electron chi connectivity index (χ2n) is 3.34. The molecule has 0 aliphatic carbocycles. The highest BCUT2D eigenvalue weighted by molar-refractivity contribution is 7.87. The molecule has 13 heavy (non-hydrogen) atoms. The van der Waals surface area contributed by atoms with Crippen LogP contribution in [-0.4, -0.2) is 38.6 Å². The lowest BCUT2D eigenvalue weighted by atomic mass is 10.4. The molecule has 78 valence electrons. The van der Waals surface area contributed by atoms with Crippen LogP contribution in [0.15, 0.2) is 0 Å². The minimum absolute atomic E-state index is 0.0769. The average molecular weight is 208 g/mol. The predicted octanol–water partition coefficient (Wildman–Crippen LogP) is -0.0910. The Morgan fingerprint density at radius 3 is 2.62 bits per heavy atom. The first-order chi connectivity index (χ1) is 6.02. The Morgan fingerprint density at radius 1 is 1.46 bits per heavy atom. The average Bonchev–Trinajstić information content (AvgIpc) is 2.04. The van der Waals surface area contributed by atoms with Gasteiger partial charge in [-0.15, -0.1) is 0 Å². The van der Waals surface area contributed by atoms with Gasteiger partial charge in [0.05, 0.1) is 0 Å². The van der Waals surface area contributed by atoms with Gasteiger partial charge in [0.1, 0.15) is 6.73 Å². The Kier molecular flexibility index (Phi) is 3.66. The summed E-state index contributed by atoms with van der Waals surface area (Å²) >= 11 is 0. The summed E-state index contributed by atoms with van der Waals surface area (Å²) in [6.45, 7) is 4.95. The third kappa shape index (κ3) is 3.22. The van der Waals surface area contributed by atoms with Crippen LogP contribution in [0.25, 0.3) is 0 Å². The molecular formula is C7H16N2O3S. The van der Waals surface area contributed by atoms with Gasteiger partial charge in [0.25, 0.3) is 10.2 Å². The van der Waals surface area contributed by atoms with Crippen molar-refractivity contribution in [3.05, 3.63) is 0 Å². The van der Waals surface area contributed by atoms with Crippen molar-refractivity contribution in [3.63, 3.8) is 0 Å². The molecule has 1 aliphatic heterocycles. The van der Waals surface area contributed by atoms with E-state index in [1.165, 1.54) is 4.31 Å². The van der Waals surface area contributed by atoms with Crippen LogP contribution in [0.5, 0.6) is 0 Å². The molecule has 0 aromatic heterocycles. The van der Waals surface area contributed by atoms with E-state index in [-0.39, 0.29) is 12.8 Å². The molecule has 1 heterocycles. The molecule has 0 atom stereocenters. The second kappa shape index (κ2) is 4.36. The molecular weight excluding hydrogens is 192 g/mol. The molecule has 1 rings (SSSR count). The van der Waals surface area contributed by atoms with Crippen molar-refractivity contribution in [1.29, 1.82) is 0 Å². The molecule has 0 saturated carbocycles. The molecule has 0 unspecified atom stereocenters. The van der Waals surface area contributed by atoms with Gasteiger partial charge in [-0.05, 0) is 20.3 Å². The molecule has 0 amide bonds. The van der Waals surface area contributed by atoms with E-state index in [0.29, 0.717) is 13.2 Å². The van der Waals surface area contributed by atoms with Gasteiger partial charge < -0.3 is 4.74 Å². The zero-order valence-electron chi connectivity index (χ0n) is 7.99. The summed E-state index contributed by atoms with van der Waals surface area (Å²) < 4.78 is 31.9. The van der Waals surface area contributed by atoms with Crippen LogP contribution in [0.2, 0.25) is 0 Å². The maximum absolute atomic E-state index is 11.5. The zero-order chi connectivity index (χ0) is 9.90. The monoisotopic (exact) mass is 208 g/mol. The third-order valence-corrected chi connectivity index (χ3v) is 3.39. The van der Waals surface area contributed by atoms with Gasteiger partial charge in [-0.1, -0.05) is 0 Å².